The second-order valence-electron chi connectivity index (χ2n) is 6.46. The monoisotopic (exact) mass is 409 g/mol. The van der Waals surface area contributed by atoms with Crippen LogP contribution in [-0.4, -0.2) is 31.6 Å². The maximum Gasteiger partial charge on any atom is 0.387 e. The molecule has 0 spiro atoms. The number of ether oxygens (including phenoxy) is 2. The first-order chi connectivity index (χ1) is 13.5. The number of benzene rings is 1. The number of hydrogen-bond donors (Lipinski definition) is 1. The first-order valence-electron chi connectivity index (χ1n) is 9.09. The van der Waals surface area contributed by atoms with Crippen molar-refractivity contribution in [2.24, 2.45) is 0 Å². The van der Waals surface area contributed by atoms with Crippen molar-refractivity contribution in [2.75, 3.05) is 13.2 Å². The van der Waals surface area contributed by atoms with Crippen LogP contribution in [0.2, 0.25) is 0 Å². The third kappa shape index (κ3) is 5.51. The average Bonchev–Trinajstić information content (AvgIpc) is 3.11. The van der Waals surface area contributed by atoms with Gasteiger partial charge in [-0.05, 0) is 55.4 Å². The predicted octanol–water partition coefficient (Wildman–Crippen LogP) is 3.74. The Bertz CT molecular complexity index is 820. The highest BCUT2D eigenvalue weighted by Gasteiger charge is 2.21. The van der Waals surface area contributed by atoms with Gasteiger partial charge in [-0.1, -0.05) is 12.1 Å². The lowest BCUT2D eigenvalue weighted by molar-refractivity contribution is -0.124. The Balaban J connectivity index is 1.39. The number of aryl methyl sites for hydroxylation is 1. The summed E-state index contributed by atoms with van der Waals surface area (Å²) in [5, 5.41) is 4.49. The van der Waals surface area contributed by atoms with E-state index in [1.54, 1.807) is 23.5 Å². The van der Waals surface area contributed by atoms with E-state index in [1.165, 1.54) is 17.0 Å². The van der Waals surface area contributed by atoms with E-state index in [4.69, 9.17) is 4.74 Å². The number of esters is 1. The Kier molecular flexibility index (Phi) is 6.97. The van der Waals surface area contributed by atoms with Crippen molar-refractivity contribution in [1.29, 1.82) is 0 Å². The summed E-state index contributed by atoms with van der Waals surface area (Å²) in [6.07, 6.45) is 4.62. The topological polar surface area (TPSA) is 64.6 Å². The molecule has 1 aromatic heterocycles. The van der Waals surface area contributed by atoms with E-state index in [0.29, 0.717) is 18.5 Å². The maximum absolute atomic E-state index is 12.2. The fraction of sp³-hybridized carbons (Fsp3) is 0.400. The van der Waals surface area contributed by atoms with E-state index in [-0.39, 0.29) is 18.3 Å². The van der Waals surface area contributed by atoms with E-state index >= 15 is 0 Å². The van der Waals surface area contributed by atoms with E-state index in [2.05, 4.69) is 10.1 Å². The number of hydrogen-bond acceptors (Lipinski definition) is 5. The molecule has 0 atom stereocenters. The molecular formula is C20H21F2NO4S. The molecular weight excluding hydrogens is 388 g/mol. The minimum absolute atomic E-state index is 0.0883. The zero-order valence-electron chi connectivity index (χ0n) is 15.2. The van der Waals surface area contributed by atoms with Gasteiger partial charge in [0.1, 0.15) is 5.75 Å². The summed E-state index contributed by atoms with van der Waals surface area (Å²) in [5.41, 5.74) is 2.52. The molecule has 0 aliphatic heterocycles. The number of amides is 1. The maximum atomic E-state index is 12.2. The number of alkyl halides is 2. The second-order valence-corrected chi connectivity index (χ2v) is 7.42. The van der Waals surface area contributed by atoms with Crippen molar-refractivity contribution < 1.29 is 27.8 Å². The smallest absolute Gasteiger partial charge is 0.387 e. The zero-order chi connectivity index (χ0) is 19.9. The van der Waals surface area contributed by atoms with E-state index in [9.17, 15) is 18.4 Å². The molecule has 0 unspecified atom stereocenters. The Morgan fingerprint density at radius 1 is 1.14 bits per heavy atom. The lowest BCUT2D eigenvalue weighted by Crippen LogP contribution is -2.30. The van der Waals surface area contributed by atoms with Crippen LogP contribution in [0.4, 0.5) is 8.78 Å². The minimum Gasteiger partial charge on any atom is -0.452 e. The molecule has 1 aliphatic rings. The van der Waals surface area contributed by atoms with E-state index in [1.807, 2.05) is 5.38 Å². The molecule has 5 nitrogen and oxygen atoms in total. The predicted molar refractivity (Wildman–Crippen MR) is 101 cm³/mol. The first-order valence-corrected chi connectivity index (χ1v) is 9.97. The number of carbonyl (C=O) groups is 2. The number of rotatable bonds is 8. The van der Waals surface area contributed by atoms with Crippen molar-refractivity contribution in [3.8, 4) is 5.75 Å². The van der Waals surface area contributed by atoms with Crippen LogP contribution < -0.4 is 10.1 Å². The Hall–Kier alpha value is -2.48. The minimum atomic E-state index is -2.85. The quantitative estimate of drug-likeness (QED) is 0.675. The lowest BCUT2D eigenvalue weighted by atomic mass is 9.96. The fourth-order valence-corrected chi connectivity index (χ4v) is 4.22. The van der Waals surface area contributed by atoms with Crippen LogP contribution >= 0.6 is 11.3 Å². The van der Waals surface area contributed by atoms with Gasteiger partial charge in [0.2, 0.25) is 0 Å². The third-order valence-electron chi connectivity index (χ3n) is 4.50. The Morgan fingerprint density at radius 2 is 1.89 bits per heavy atom. The molecule has 1 aromatic carbocycles. The lowest BCUT2D eigenvalue weighted by Gasteiger charge is -2.12. The van der Waals surface area contributed by atoms with Crippen molar-refractivity contribution in [3.63, 3.8) is 0 Å². The van der Waals surface area contributed by atoms with Crippen molar-refractivity contribution >= 4 is 23.2 Å². The van der Waals surface area contributed by atoms with Crippen LogP contribution in [0.15, 0.2) is 29.6 Å². The second kappa shape index (κ2) is 9.64. The molecule has 0 radical (unpaired) electrons. The van der Waals surface area contributed by atoms with Gasteiger partial charge in [0.15, 0.2) is 6.61 Å². The molecule has 28 heavy (non-hydrogen) atoms. The van der Waals surface area contributed by atoms with Gasteiger partial charge < -0.3 is 14.8 Å². The molecule has 3 rings (SSSR count). The Morgan fingerprint density at radius 3 is 2.64 bits per heavy atom. The molecule has 150 valence electrons. The SMILES string of the molecule is O=C(COC(=O)c1csc2c1CCCC2)NCCc1ccc(OC(F)F)cc1. The van der Waals surface area contributed by atoms with Gasteiger partial charge in [0.05, 0.1) is 5.56 Å². The Labute approximate surface area is 165 Å². The van der Waals surface area contributed by atoms with Crippen LogP contribution in [0, 0.1) is 0 Å². The molecule has 0 bridgehead atoms. The van der Waals surface area contributed by atoms with Crippen LogP contribution in [0.3, 0.4) is 0 Å². The van der Waals surface area contributed by atoms with Crippen molar-refractivity contribution in [2.45, 2.75) is 38.7 Å². The highest BCUT2D eigenvalue weighted by atomic mass is 32.1. The third-order valence-corrected chi connectivity index (χ3v) is 5.59. The van der Waals surface area contributed by atoms with Gasteiger partial charge in [-0.15, -0.1) is 11.3 Å². The largest absolute Gasteiger partial charge is 0.452 e. The zero-order valence-corrected chi connectivity index (χ0v) is 16.0. The fourth-order valence-electron chi connectivity index (χ4n) is 3.11. The molecule has 1 heterocycles. The summed E-state index contributed by atoms with van der Waals surface area (Å²) in [6, 6.07) is 6.21. The average molecular weight is 409 g/mol. The van der Waals surface area contributed by atoms with Crippen LogP contribution in [-0.2, 0) is 28.8 Å². The molecule has 2 aromatic rings. The summed E-state index contributed by atoms with van der Waals surface area (Å²) in [5.74, 6) is -0.746. The highest BCUT2D eigenvalue weighted by Crippen LogP contribution is 2.30. The molecule has 0 fully saturated rings. The van der Waals surface area contributed by atoms with Crippen molar-refractivity contribution in [1.82, 2.24) is 5.32 Å². The normalized spacial score (nSPS) is 13.1. The molecule has 0 saturated heterocycles. The number of nitrogens with one attached hydrogen (secondary N) is 1. The summed E-state index contributed by atoms with van der Waals surface area (Å²) in [6.45, 7) is -2.84. The number of fused-ring (bicyclic) bond motifs is 1. The summed E-state index contributed by atoms with van der Waals surface area (Å²) in [7, 11) is 0. The summed E-state index contributed by atoms with van der Waals surface area (Å²) >= 11 is 1.58. The van der Waals surface area contributed by atoms with Gasteiger partial charge in [0.25, 0.3) is 5.91 Å². The van der Waals surface area contributed by atoms with E-state index < -0.39 is 12.6 Å². The van der Waals surface area contributed by atoms with Crippen LogP contribution in [0.5, 0.6) is 5.75 Å². The van der Waals surface area contributed by atoms with Gasteiger partial charge in [0, 0.05) is 16.8 Å². The van der Waals surface area contributed by atoms with E-state index in [0.717, 1.165) is 36.8 Å². The summed E-state index contributed by atoms with van der Waals surface area (Å²) in [4.78, 5) is 25.4. The molecule has 1 amide bonds. The number of thiophene rings is 1. The molecule has 8 heteroatoms. The summed E-state index contributed by atoms with van der Waals surface area (Å²) < 4.78 is 33.6. The standard InChI is InChI=1S/C20H21F2NO4S/c21-20(22)27-14-7-5-13(6-8-14)9-10-23-18(24)11-26-19(25)16-12-28-17-4-2-1-3-15(16)17/h5-8,12,20H,1-4,9-11H2,(H,23,24). The number of carbonyl (C=O) groups excluding carboxylic acids is 2. The van der Waals surface area contributed by atoms with Gasteiger partial charge in [-0.25, -0.2) is 4.79 Å². The van der Waals surface area contributed by atoms with Crippen LogP contribution in [0.1, 0.15) is 39.2 Å². The molecule has 0 saturated carbocycles. The highest BCUT2D eigenvalue weighted by molar-refractivity contribution is 7.10. The molecule has 1 aliphatic carbocycles. The van der Waals surface area contributed by atoms with Crippen LogP contribution in [0.25, 0.3) is 0 Å². The van der Waals surface area contributed by atoms with Gasteiger partial charge >= 0.3 is 12.6 Å². The van der Waals surface area contributed by atoms with Gasteiger partial charge in [-0.3, -0.25) is 4.79 Å². The first kappa shape index (κ1) is 20.3. The molecule has 1 N–H and O–H groups in total. The number of halogens is 2. The van der Waals surface area contributed by atoms with Gasteiger partial charge in [-0.2, -0.15) is 8.78 Å². The van der Waals surface area contributed by atoms with Crippen molar-refractivity contribution in [3.05, 3.63) is 51.2 Å².